The number of phenols is 1. The number of aryl methyl sites for hydroxylation is 1. The Morgan fingerprint density at radius 3 is 2.75 bits per heavy atom. The van der Waals surface area contributed by atoms with E-state index in [1.54, 1.807) is 0 Å². The fraction of sp³-hybridized carbons (Fsp3) is 0.421. The predicted octanol–water partition coefficient (Wildman–Crippen LogP) is 4.27. The van der Waals surface area contributed by atoms with E-state index in [2.05, 4.69) is 15.1 Å². The van der Waals surface area contributed by atoms with Crippen LogP contribution in [0.3, 0.4) is 0 Å². The molecule has 1 aromatic carbocycles. The Kier molecular flexibility index (Phi) is 4.49. The first-order valence-electron chi connectivity index (χ1n) is 8.97. The number of ether oxygens (including phenoxy) is 1. The summed E-state index contributed by atoms with van der Waals surface area (Å²) >= 11 is 0. The zero-order chi connectivity index (χ0) is 20.1. The van der Waals surface area contributed by atoms with Crippen LogP contribution in [-0.4, -0.2) is 37.6 Å². The van der Waals surface area contributed by atoms with Crippen LogP contribution < -0.4 is 0 Å². The molecular formula is C19H19F3N4O2. The fourth-order valence-electron chi connectivity index (χ4n) is 3.60. The number of rotatable bonds is 2. The quantitative estimate of drug-likeness (QED) is 0.705. The highest BCUT2D eigenvalue weighted by Crippen LogP contribution is 2.38. The van der Waals surface area contributed by atoms with Crippen LogP contribution in [0.4, 0.5) is 13.2 Å². The maximum atomic E-state index is 12.9. The molecule has 0 unspecified atom stereocenters. The van der Waals surface area contributed by atoms with Gasteiger partial charge in [0.25, 0.3) is 0 Å². The fourth-order valence-corrected chi connectivity index (χ4v) is 3.60. The molecule has 0 aliphatic carbocycles. The van der Waals surface area contributed by atoms with Crippen molar-refractivity contribution in [2.24, 2.45) is 0 Å². The van der Waals surface area contributed by atoms with Crippen LogP contribution in [0.1, 0.15) is 36.9 Å². The van der Waals surface area contributed by atoms with E-state index in [-0.39, 0.29) is 29.0 Å². The van der Waals surface area contributed by atoms with Crippen molar-refractivity contribution < 1.29 is 23.0 Å². The Hall–Kier alpha value is -2.68. The van der Waals surface area contributed by atoms with Crippen molar-refractivity contribution in [3.63, 3.8) is 0 Å². The van der Waals surface area contributed by atoms with Gasteiger partial charge in [0, 0.05) is 12.2 Å². The van der Waals surface area contributed by atoms with Gasteiger partial charge in [0.2, 0.25) is 0 Å². The molecule has 1 aliphatic rings. The summed E-state index contributed by atoms with van der Waals surface area (Å²) in [4.78, 5) is 8.76. The van der Waals surface area contributed by atoms with Crippen LogP contribution in [0.5, 0.6) is 5.75 Å². The lowest BCUT2D eigenvalue weighted by atomic mass is 10.0. The summed E-state index contributed by atoms with van der Waals surface area (Å²) in [5.74, 6) is -0.487. The number of halogens is 3. The number of nitrogens with zero attached hydrogens (tertiary/aromatic N) is 4. The molecule has 1 N–H and O–H groups in total. The maximum Gasteiger partial charge on any atom is 0.416 e. The molecule has 4 rings (SSSR count). The molecule has 0 amide bonds. The summed E-state index contributed by atoms with van der Waals surface area (Å²) < 4.78 is 46.2. The van der Waals surface area contributed by atoms with Gasteiger partial charge in [0.05, 0.1) is 35.8 Å². The molecule has 3 heterocycles. The van der Waals surface area contributed by atoms with Crippen LogP contribution in [0.2, 0.25) is 0 Å². The zero-order valence-corrected chi connectivity index (χ0v) is 15.4. The molecule has 1 fully saturated rings. The van der Waals surface area contributed by atoms with Crippen LogP contribution in [-0.2, 0) is 10.9 Å². The van der Waals surface area contributed by atoms with E-state index in [9.17, 15) is 18.3 Å². The van der Waals surface area contributed by atoms with Gasteiger partial charge in [-0.3, -0.25) is 4.68 Å². The van der Waals surface area contributed by atoms with Crippen molar-refractivity contribution in [2.75, 3.05) is 6.61 Å². The molecule has 2 atom stereocenters. The number of hydrogen-bond donors (Lipinski definition) is 1. The van der Waals surface area contributed by atoms with Gasteiger partial charge in [-0.25, -0.2) is 9.97 Å². The van der Waals surface area contributed by atoms with Crippen molar-refractivity contribution in [2.45, 2.75) is 45.0 Å². The van der Waals surface area contributed by atoms with E-state index in [1.165, 1.54) is 13.1 Å². The van der Waals surface area contributed by atoms with E-state index >= 15 is 0 Å². The minimum atomic E-state index is -4.53. The standard InChI is InChI=1S/C19H19F3N4O2/c1-10-5-12(19(20,21)22)7-16(27)17(10)14-8-23-15-9-26(25-18(15)24-14)13-3-4-28-11(2)6-13/h5,7-9,11,13,27H,3-4,6H2,1-2H3/t11-,13-/m1/s1. The molecular weight excluding hydrogens is 373 g/mol. The van der Waals surface area contributed by atoms with Crippen molar-refractivity contribution in [3.8, 4) is 17.0 Å². The van der Waals surface area contributed by atoms with Gasteiger partial charge in [-0.2, -0.15) is 18.3 Å². The molecule has 1 saturated heterocycles. The first-order valence-corrected chi connectivity index (χ1v) is 8.97. The summed E-state index contributed by atoms with van der Waals surface area (Å²) in [6, 6.07) is 1.88. The molecule has 148 valence electrons. The van der Waals surface area contributed by atoms with Crippen molar-refractivity contribution >= 4 is 11.2 Å². The van der Waals surface area contributed by atoms with Crippen LogP contribution in [0.25, 0.3) is 22.4 Å². The third-order valence-corrected chi connectivity index (χ3v) is 4.98. The average molecular weight is 392 g/mol. The SMILES string of the molecule is Cc1cc(C(F)(F)F)cc(O)c1-c1cnc2cn([C@@H]3CCO[C@H](C)C3)nc2n1. The zero-order valence-electron chi connectivity index (χ0n) is 15.4. The van der Waals surface area contributed by atoms with Crippen molar-refractivity contribution in [1.29, 1.82) is 0 Å². The highest BCUT2D eigenvalue weighted by molar-refractivity contribution is 5.77. The molecule has 1 aliphatic heterocycles. The van der Waals surface area contributed by atoms with Crippen LogP contribution in [0, 0.1) is 6.92 Å². The lowest BCUT2D eigenvalue weighted by molar-refractivity contribution is -0.137. The minimum absolute atomic E-state index is 0.147. The second kappa shape index (κ2) is 6.73. The molecule has 2 aromatic heterocycles. The van der Waals surface area contributed by atoms with Gasteiger partial charge in [0.15, 0.2) is 5.65 Å². The third kappa shape index (κ3) is 3.42. The molecule has 28 heavy (non-hydrogen) atoms. The minimum Gasteiger partial charge on any atom is -0.507 e. The summed E-state index contributed by atoms with van der Waals surface area (Å²) in [5.41, 5.74) is 0.831. The Morgan fingerprint density at radius 1 is 1.29 bits per heavy atom. The highest BCUT2D eigenvalue weighted by atomic mass is 19.4. The monoisotopic (exact) mass is 392 g/mol. The summed E-state index contributed by atoms with van der Waals surface area (Å²) in [6.07, 6.45) is 0.541. The number of fused-ring (bicyclic) bond motifs is 1. The topological polar surface area (TPSA) is 73.1 Å². The number of alkyl halides is 3. The second-order valence-electron chi connectivity index (χ2n) is 7.12. The number of aromatic nitrogens is 4. The number of benzene rings is 1. The van der Waals surface area contributed by atoms with E-state index < -0.39 is 17.5 Å². The van der Waals surface area contributed by atoms with E-state index in [0.29, 0.717) is 23.8 Å². The Labute approximate surface area is 159 Å². The average Bonchev–Trinajstić information content (AvgIpc) is 3.04. The number of phenolic OH excluding ortho intramolecular Hbond substituents is 1. The molecule has 0 saturated carbocycles. The second-order valence-corrected chi connectivity index (χ2v) is 7.12. The van der Waals surface area contributed by atoms with Gasteiger partial charge >= 0.3 is 6.18 Å². The van der Waals surface area contributed by atoms with Crippen LogP contribution in [0.15, 0.2) is 24.5 Å². The Morgan fingerprint density at radius 2 is 2.07 bits per heavy atom. The largest absolute Gasteiger partial charge is 0.507 e. The lowest BCUT2D eigenvalue weighted by Gasteiger charge is -2.27. The summed E-state index contributed by atoms with van der Waals surface area (Å²) in [5, 5.41) is 14.7. The summed E-state index contributed by atoms with van der Waals surface area (Å²) in [6.45, 7) is 4.17. The van der Waals surface area contributed by atoms with Gasteiger partial charge in [-0.15, -0.1) is 0 Å². The van der Waals surface area contributed by atoms with Gasteiger partial charge in [0.1, 0.15) is 11.3 Å². The smallest absolute Gasteiger partial charge is 0.416 e. The van der Waals surface area contributed by atoms with Gasteiger partial charge < -0.3 is 9.84 Å². The first kappa shape index (κ1) is 18.7. The maximum absolute atomic E-state index is 12.9. The number of hydrogen-bond acceptors (Lipinski definition) is 5. The van der Waals surface area contributed by atoms with E-state index in [4.69, 9.17) is 4.74 Å². The Bertz CT molecular complexity index is 1010. The van der Waals surface area contributed by atoms with Gasteiger partial charge in [-0.05, 0) is 44.4 Å². The van der Waals surface area contributed by atoms with Crippen molar-refractivity contribution in [3.05, 3.63) is 35.7 Å². The lowest BCUT2D eigenvalue weighted by Crippen LogP contribution is -2.25. The third-order valence-electron chi connectivity index (χ3n) is 4.98. The molecule has 3 aromatic rings. The molecule has 6 nitrogen and oxygen atoms in total. The normalized spacial score (nSPS) is 20.6. The molecule has 0 bridgehead atoms. The van der Waals surface area contributed by atoms with Crippen LogP contribution >= 0.6 is 0 Å². The first-order chi connectivity index (χ1) is 13.2. The summed E-state index contributed by atoms with van der Waals surface area (Å²) in [7, 11) is 0. The van der Waals surface area contributed by atoms with Gasteiger partial charge in [-0.1, -0.05) is 0 Å². The van der Waals surface area contributed by atoms with E-state index in [0.717, 1.165) is 18.9 Å². The molecule has 0 radical (unpaired) electrons. The molecule has 0 spiro atoms. The van der Waals surface area contributed by atoms with E-state index in [1.807, 2.05) is 17.8 Å². The molecule has 9 heteroatoms. The van der Waals surface area contributed by atoms with Crippen molar-refractivity contribution in [1.82, 2.24) is 19.7 Å². The predicted molar refractivity (Wildman–Crippen MR) is 95.8 cm³/mol. The Balaban J connectivity index is 1.72. The highest BCUT2D eigenvalue weighted by Gasteiger charge is 2.32. The number of aromatic hydroxyl groups is 1.